The predicted molar refractivity (Wildman–Crippen MR) is 79.0 cm³/mol. The van der Waals surface area contributed by atoms with Gasteiger partial charge in [0.2, 0.25) is 0 Å². The third kappa shape index (κ3) is 2.60. The molecule has 2 atom stereocenters. The monoisotopic (exact) mass is 328 g/mol. The Morgan fingerprint density at radius 2 is 2.11 bits per heavy atom. The molecule has 3 rings (SSSR count). The minimum Gasteiger partial charge on any atom is -0.315 e. The van der Waals surface area contributed by atoms with Gasteiger partial charge in [-0.3, -0.25) is 4.90 Å². The zero-order valence-electron chi connectivity index (χ0n) is 10.3. The van der Waals surface area contributed by atoms with Gasteiger partial charge in [-0.05, 0) is 59.4 Å². The fraction of sp³-hybridized carbons (Fsp3) is 0.571. The average Bonchev–Trinajstić information content (AvgIpc) is 2.58. The van der Waals surface area contributed by atoms with Gasteiger partial charge in [0, 0.05) is 29.6 Å². The lowest BCUT2D eigenvalue weighted by Crippen LogP contribution is -2.37. The van der Waals surface area contributed by atoms with Crippen LogP contribution in [0.3, 0.4) is 0 Å². The van der Waals surface area contributed by atoms with E-state index in [0.717, 1.165) is 28.6 Å². The molecule has 4 heteroatoms. The summed E-state index contributed by atoms with van der Waals surface area (Å²) in [5.74, 6) is 0. The Morgan fingerprint density at radius 1 is 1.28 bits per heavy atom. The SMILES string of the molecule is Clc1cc(CN2C3CCNCC2CC3)ccc1Br. The van der Waals surface area contributed by atoms with E-state index >= 15 is 0 Å². The minimum absolute atomic E-state index is 0.708. The van der Waals surface area contributed by atoms with Crippen molar-refractivity contribution in [1.82, 2.24) is 10.2 Å². The van der Waals surface area contributed by atoms with Crippen molar-refractivity contribution < 1.29 is 0 Å². The molecule has 1 N–H and O–H groups in total. The van der Waals surface area contributed by atoms with Crippen LogP contribution in [0.15, 0.2) is 22.7 Å². The molecule has 2 bridgehead atoms. The summed E-state index contributed by atoms with van der Waals surface area (Å²) in [5, 5.41) is 4.35. The van der Waals surface area contributed by atoms with Crippen LogP contribution in [0.1, 0.15) is 24.8 Å². The lowest BCUT2D eigenvalue weighted by Gasteiger charge is -2.27. The van der Waals surface area contributed by atoms with Crippen molar-refractivity contribution in [1.29, 1.82) is 0 Å². The Hall–Kier alpha value is -0.0900. The first-order valence-electron chi connectivity index (χ1n) is 6.64. The molecule has 0 saturated carbocycles. The van der Waals surface area contributed by atoms with Crippen LogP contribution >= 0.6 is 27.5 Å². The fourth-order valence-corrected chi connectivity index (χ4v) is 3.64. The molecule has 0 spiro atoms. The van der Waals surface area contributed by atoms with Crippen LogP contribution < -0.4 is 5.32 Å². The van der Waals surface area contributed by atoms with Gasteiger partial charge in [0.15, 0.2) is 0 Å². The number of hydrogen-bond acceptors (Lipinski definition) is 2. The summed E-state index contributed by atoms with van der Waals surface area (Å²) < 4.78 is 0.980. The molecular weight excluding hydrogens is 312 g/mol. The van der Waals surface area contributed by atoms with Crippen LogP contribution in [0.25, 0.3) is 0 Å². The first kappa shape index (κ1) is 12.9. The van der Waals surface area contributed by atoms with E-state index in [9.17, 15) is 0 Å². The molecular formula is C14H18BrClN2. The summed E-state index contributed by atoms with van der Waals surface area (Å²) >= 11 is 9.62. The van der Waals surface area contributed by atoms with Gasteiger partial charge in [0.25, 0.3) is 0 Å². The molecule has 0 amide bonds. The predicted octanol–water partition coefficient (Wildman–Crippen LogP) is 3.43. The Labute approximate surface area is 122 Å². The second kappa shape index (κ2) is 5.49. The van der Waals surface area contributed by atoms with Gasteiger partial charge in [-0.1, -0.05) is 17.7 Å². The average molecular weight is 330 g/mol. The third-order valence-electron chi connectivity index (χ3n) is 4.15. The first-order chi connectivity index (χ1) is 8.74. The lowest BCUT2D eigenvalue weighted by molar-refractivity contribution is 0.193. The zero-order valence-corrected chi connectivity index (χ0v) is 12.7. The highest BCUT2D eigenvalue weighted by Crippen LogP contribution is 2.31. The molecule has 1 aromatic rings. The summed E-state index contributed by atoms with van der Waals surface area (Å²) in [4.78, 5) is 2.67. The molecule has 0 aliphatic carbocycles. The third-order valence-corrected chi connectivity index (χ3v) is 5.39. The van der Waals surface area contributed by atoms with Crippen molar-refractivity contribution in [2.24, 2.45) is 0 Å². The second-order valence-corrected chi connectivity index (χ2v) is 6.56. The molecule has 2 fully saturated rings. The highest BCUT2D eigenvalue weighted by atomic mass is 79.9. The maximum atomic E-state index is 6.17. The van der Waals surface area contributed by atoms with E-state index in [0.29, 0.717) is 6.04 Å². The van der Waals surface area contributed by atoms with Crippen molar-refractivity contribution in [3.05, 3.63) is 33.3 Å². The summed E-state index contributed by atoms with van der Waals surface area (Å²) in [6, 6.07) is 7.78. The molecule has 98 valence electrons. The summed E-state index contributed by atoms with van der Waals surface area (Å²) in [5.41, 5.74) is 1.32. The number of halogens is 2. The van der Waals surface area contributed by atoms with Gasteiger partial charge in [0.05, 0.1) is 5.02 Å². The van der Waals surface area contributed by atoms with Crippen LogP contribution in [0.5, 0.6) is 0 Å². The Balaban J connectivity index is 1.77. The molecule has 2 unspecified atom stereocenters. The van der Waals surface area contributed by atoms with Crippen molar-refractivity contribution in [2.75, 3.05) is 13.1 Å². The highest BCUT2D eigenvalue weighted by Gasteiger charge is 2.34. The number of rotatable bonds is 2. The van der Waals surface area contributed by atoms with Crippen molar-refractivity contribution in [3.63, 3.8) is 0 Å². The quantitative estimate of drug-likeness (QED) is 0.894. The van der Waals surface area contributed by atoms with Crippen LogP contribution in [0, 0.1) is 0 Å². The molecule has 2 aliphatic heterocycles. The van der Waals surface area contributed by atoms with E-state index in [1.807, 2.05) is 0 Å². The fourth-order valence-electron chi connectivity index (χ4n) is 3.19. The van der Waals surface area contributed by atoms with Gasteiger partial charge < -0.3 is 5.32 Å². The van der Waals surface area contributed by atoms with Gasteiger partial charge in [-0.15, -0.1) is 0 Å². The standard InChI is InChI=1S/C14H18BrClN2/c15-13-4-1-10(7-14(13)16)9-18-11-2-3-12(18)8-17-6-5-11/h1,4,7,11-12,17H,2-3,5-6,8-9H2. The molecule has 2 nitrogen and oxygen atoms in total. The van der Waals surface area contributed by atoms with E-state index in [1.165, 1.54) is 31.4 Å². The summed E-state index contributed by atoms with van der Waals surface area (Å²) in [7, 11) is 0. The summed E-state index contributed by atoms with van der Waals surface area (Å²) in [6.45, 7) is 3.34. The van der Waals surface area contributed by atoms with Gasteiger partial charge in [-0.25, -0.2) is 0 Å². The second-order valence-electron chi connectivity index (χ2n) is 5.30. The minimum atomic E-state index is 0.708. The smallest absolute Gasteiger partial charge is 0.0551 e. The maximum absolute atomic E-state index is 6.17. The van der Waals surface area contributed by atoms with E-state index in [2.05, 4.69) is 44.3 Å². The topological polar surface area (TPSA) is 15.3 Å². The maximum Gasteiger partial charge on any atom is 0.0551 e. The van der Waals surface area contributed by atoms with E-state index < -0.39 is 0 Å². The molecule has 0 radical (unpaired) electrons. The molecule has 2 aliphatic rings. The molecule has 2 saturated heterocycles. The van der Waals surface area contributed by atoms with Crippen molar-refractivity contribution in [3.8, 4) is 0 Å². The van der Waals surface area contributed by atoms with Crippen molar-refractivity contribution >= 4 is 27.5 Å². The Kier molecular flexibility index (Phi) is 3.94. The van der Waals surface area contributed by atoms with Crippen LogP contribution in [0.2, 0.25) is 5.02 Å². The number of hydrogen-bond donors (Lipinski definition) is 1. The lowest BCUT2D eigenvalue weighted by atomic mass is 10.1. The van der Waals surface area contributed by atoms with Crippen LogP contribution in [-0.2, 0) is 6.54 Å². The summed E-state index contributed by atoms with van der Waals surface area (Å²) in [6.07, 6.45) is 3.97. The number of fused-ring (bicyclic) bond motifs is 2. The van der Waals surface area contributed by atoms with E-state index in [4.69, 9.17) is 11.6 Å². The van der Waals surface area contributed by atoms with Crippen LogP contribution in [0.4, 0.5) is 0 Å². The Bertz CT molecular complexity index is 424. The Morgan fingerprint density at radius 3 is 2.94 bits per heavy atom. The van der Waals surface area contributed by atoms with Gasteiger partial charge >= 0.3 is 0 Å². The highest BCUT2D eigenvalue weighted by molar-refractivity contribution is 9.10. The van der Waals surface area contributed by atoms with Crippen LogP contribution in [-0.4, -0.2) is 30.1 Å². The number of nitrogens with zero attached hydrogens (tertiary/aromatic N) is 1. The normalized spacial score (nSPS) is 28.3. The van der Waals surface area contributed by atoms with Gasteiger partial charge in [-0.2, -0.15) is 0 Å². The van der Waals surface area contributed by atoms with Gasteiger partial charge in [0.1, 0.15) is 0 Å². The molecule has 1 aromatic carbocycles. The van der Waals surface area contributed by atoms with E-state index in [1.54, 1.807) is 0 Å². The van der Waals surface area contributed by atoms with E-state index in [-0.39, 0.29) is 0 Å². The molecule has 18 heavy (non-hydrogen) atoms. The first-order valence-corrected chi connectivity index (χ1v) is 7.81. The largest absolute Gasteiger partial charge is 0.315 e. The van der Waals surface area contributed by atoms with Crippen molar-refractivity contribution in [2.45, 2.75) is 37.9 Å². The number of nitrogens with one attached hydrogen (secondary N) is 1. The molecule has 2 heterocycles. The number of benzene rings is 1. The zero-order chi connectivity index (χ0) is 12.5. The molecule has 0 aromatic heterocycles.